The number of likely N-dealkylation sites (tertiary alicyclic amines) is 1. The van der Waals surface area contributed by atoms with E-state index in [9.17, 15) is 4.79 Å². The summed E-state index contributed by atoms with van der Waals surface area (Å²) in [7, 11) is 0. The van der Waals surface area contributed by atoms with E-state index >= 15 is 0 Å². The molecule has 0 aromatic rings. The van der Waals surface area contributed by atoms with Gasteiger partial charge in [0.1, 0.15) is 0 Å². The summed E-state index contributed by atoms with van der Waals surface area (Å²) in [5.74, 6) is 0.241. The van der Waals surface area contributed by atoms with E-state index in [2.05, 4.69) is 18.8 Å². The molecule has 0 aliphatic carbocycles. The van der Waals surface area contributed by atoms with Gasteiger partial charge in [0.25, 0.3) is 0 Å². The van der Waals surface area contributed by atoms with Crippen molar-refractivity contribution >= 4 is 5.91 Å². The lowest BCUT2D eigenvalue weighted by atomic mass is 10.1. The monoisotopic (exact) mass is 210 g/mol. The number of hydrogen-bond acceptors (Lipinski definition) is 2. The van der Waals surface area contributed by atoms with Crippen LogP contribution in [0.3, 0.4) is 0 Å². The fraction of sp³-hybridized carbons (Fsp3) is 0.750. The second-order valence-electron chi connectivity index (χ2n) is 4.25. The minimum atomic E-state index is 0.241. The lowest BCUT2D eigenvalue weighted by Crippen LogP contribution is -2.43. The van der Waals surface area contributed by atoms with Crippen LogP contribution in [0.15, 0.2) is 12.7 Å². The van der Waals surface area contributed by atoms with E-state index in [0.717, 1.165) is 32.4 Å². The third kappa shape index (κ3) is 4.47. The Bertz CT molecular complexity index is 210. The van der Waals surface area contributed by atoms with Gasteiger partial charge in [-0.2, -0.15) is 0 Å². The summed E-state index contributed by atoms with van der Waals surface area (Å²) in [6, 6.07) is 0.344. The van der Waals surface area contributed by atoms with Gasteiger partial charge in [-0.25, -0.2) is 0 Å². The molecule has 0 aromatic carbocycles. The number of carbonyl (C=O) groups excluding carboxylic acids is 1. The molecular formula is C12H22N2O. The molecule has 1 aliphatic rings. The van der Waals surface area contributed by atoms with E-state index in [0.29, 0.717) is 12.6 Å². The second kappa shape index (κ2) is 6.62. The predicted octanol–water partition coefficient (Wildman–Crippen LogP) is 1.55. The molecule has 0 saturated carbocycles. The molecule has 3 heteroatoms. The highest BCUT2D eigenvalue weighted by Gasteiger charge is 2.16. The van der Waals surface area contributed by atoms with Gasteiger partial charge in [-0.15, -0.1) is 6.58 Å². The number of carbonyl (C=O) groups is 1. The van der Waals surface area contributed by atoms with E-state index in [4.69, 9.17) is 0 Å². The van der Waals surface area contributed by atoms with Gasteiger partial charge in [-0.3, -0.25) is 4.79 Å². The van der Waals surface area contributed by atoms with Crippen LogP contribution < -0.4 is 5.32 Å². The molecule has 1 atom stereocenters. The number of rotatable bonds is 5. The molecule has 1 rings (SSSR count). The van der Waals surface area contributed by atoms with Crippen molar-refractivity contribution in [1.82, 2.24) is 10.2 Å². The van der Waals surface area contributed by atoms with Crippen molar-refractivity contribution in [2.45, 2.75) is 38.6 Å². The normalized spacial score (nSPS) is 18.6. The molecule has 3 nitrogen and oxygen atoms in total. The lowest BCUT2D eigenvalue weighted by Gasteiger charge is -2.27. The Morgan fingerprint density at radius 1 is 1.47 bits per heavy atom. The molecule has 0 radical (unpaired) electrons. The van der Waals surface area contributed by atoms with Crippen LogP contribution in [0.4, 0.5) is 0 Å². The largest absolute Gasteiger partial charge is 0.342 e. The molecule has 0 bridgehead atoms. The van der Waals surface area contributed by atoms with Crippen LogP contribution >= 0.6 is 0 Å². The Balaban J connectivity index is 2.19. The Hall–Kier alpha value is -0.830. The Labute approximate surface area is 92.5 Å². The maximum Gasteiger partial charge on any atom is 0.236 e. The van der Waals surface area contributed by atoms with E-state index in [1.165, 1.54) is 6.42 Å². The zero-order chi connectivity index (χ0) is 11.1. The molecule has 1 unspecified atom stereocenters. The van der Waals surface area contributed by atoms with Gasteiger partial charge in [-0.05, 0) is 32.6 Å². The number of hydrogen-bond donors (Lipinski definition) is 1. The molecule has 86 valence electrons. The molecule has 1 heterocycles. The highest BCUT2D eigenvalue weighted by atomic mass is 16.2. The average Bonchev–Trinajstić information content (AvgIpc) is 2.27. The predicted molar refractivity (Wildman–Crippen MR) is 62.7 cm³/mol. The maximum atomic E-state index is 11.7. The summed E-state index contributed by atoms with van der Waals surface area (Å²) >= 11 is 0. The first-order valence-corrected chi connectivity index (χ1v) is 5.86. The topological polar surface area (TPSA) is 32.3 Å². The molecule has 1 N–H and O–H groups in total. The van der Waals surface area contributed by atoms with Crippen LogP contribution in [0.1, 0.15) is 32.6 Å². The van der Waals surface area contributed by atoms with Gasteiger partial charge in [0, 0.05) is 19.1 Å². The standard InChI is InChI=1S/C12H22N2O/c1-3-7-11(2)13-10-12(15)14-8-5-4-6-9-14/h3,11,13H,1,4-10H2,2H3. The molecule has 1 fully saturated rings. The van der Waals surface area contributed by atoms with Crippen molar-refractivity contribution < 1.29 is 4.79 Å². The summed E-state index contributed by atoms with van der Waals surface area (Å²) in [5, 5.41) is 3.22. The molecule has 1 amide bonds. The Morgan fingerprint density at radius 3 is 2.73 bits per heavy atom. The summed E-state index contributed by atoms with van der Waals surface area (Å²) < 4.78 is 0. The van der Waals surface area contributed by atoms with Crippen LogP contribution in [0, 0.1) is 0 Å². The van der Waals surface area contributed by atoms with Crippen molar-refractivity contribution in [3.05, 3.63) is 12.7 Å². The van der Waals surface area contributed by atoms with Crippen LogP contribution in [0.2, 0.25) is 0 Å². The summed E-state index contributed by atoms with van der Waals surface area (Å²) in [4.78, 5) is 13.7. The number of amides is 1. The maximum absolute atomic E-state index is 11.7. The minimum Gasteiger partial charge on any atom is -0.342 e. The summed E-state index contributed by atoms with van der Waals surface area (Å²) in [5.41, 5.74) is 0. The van der Waals surface area contributed by atoms with E-state index < -0.39 is 0 Å². The van der Waals surface area contributed by atoms with Crippen LogP contribution in [0.5, 0.6) is 0 Å². The fourth-order valence-electron chi connectivity index (χ4n) is 1.85. The molecular weight excluding hydrogens is 188 g/mol. The van der Waals surface area contributed by atoms with Gasteiger partial charge >= 0.3 is 0 Å². The van der Waals surface area contributed by atoms with Gasteiger partial charge in [-0.1, -0.05) is 6.08 Å². The van der Waals surface area contributed by atoms with Crippen molar-refractivity contribution in [2.75, 3.05) is 19.6 Å². The summed E-state index contributed by atoms with van der Waals surface area (Å²) in [6.45, 7) is 8.11. The van der Waals surface area contributed by atoms with Gasteiger partial charge in [0.05, 0.1) is 6.54 Å². The van der Waals surface area contributed by atoms with Crippen molar-refractivity contribution in [3.63, 3.8) is 0 Å². The van der Waals surface area contributed by atoms with E-state index in [1.54, 1.807) is 0 Å². The first kappa shape index (κ1) is 12.2. The average molecular weight is 210 g/mol. The van der Waals surface area contributed by atoms with Crippen molar-refractivity contribution in [1.29, 1.82) is 0 Å². The SMILES string of the molecule is C=CCC(C)NCC(=O)N1CCCCC1. The summed E-state index contributed by atoms with van der Waals surface area (Å²) in [6.07, 6.45) is 6.38. The highest BCUT2D eigenvalue weighted by Crippen LogP contribution is 2.08. The number of piperidine rings is 1. The second-order valence-corrected chi connectivity index (χ2v) is 4.25. The van der Waals surface area contributed by atoms with Crippen LogP contribution in [-0.4, -0.2) is 36.5 Å². The first-order valence-electron chi connectivity index (χ1n) is 5.86. The molecule has 15 heavy (non-hydrogen) atoms. The first-order chi connectivity index (χ1) is 7.24. The lowest BCUT2D eigenvalue weighted by molar-refractivity contribution is -0.131. The Morgan fingerprint density at radius 2 is 2.13 bits per heavy atom. The zero-order valence-electron chi connectivity index (χ0n) is 9.67. The highest BCUT2D eigenvalue weighted by molar-refractivity contribution is 5.78. The Kier molecular flexibility index (Phi) is 5.40. The number of nitrogens with one attached hydrogen (secondary N) is 1. The molecule has 1 saturated heterocycles. The molecule has 0 aromatic heterocycles. The van der Waals surface area contributed by atoms with Crippen molar-refractivity contribution in [3.8, 4) is 0 Å². The number of nitrogens with zero attached hydrogens (tertiary/aromatic N) is 1. The van der Waals surface area contributed by atoms with Gasteiger partial charge in [0.2, 0.25) is 5.91 Å². The van der Waals surface area contributed by atoms with E-state index in [1.807, 2.05) is 11.0 Å². The zero-order valence-corrected chi connectivity index (χ0v) is 9.67. The fourth-order valence-corrected chi connectivity index (χ4v) is 1.85. The smallest absolute Gasteiger partial charge is 0.236 e. The third-order valence-electron chi connectivity index (χ3n) is 2.83. The quantitative estimate of drug-likeness (QED) is 0.698. The third-order valence-corrected chi connectivity index (χ3v) is 2.83. The van der Waals surface area contributed by atoms with Crippen molar-refractivity contribution in [2.24, 2.45) is 0 Å². The van der Waals surface area contributed by atoms with Crippen LogP contribution in [-0.2, 0) is 4.79 Å². The molecule has 1 aliphatic heterocycles. The van der Waals surface area contributed by atoms with Gasteiger partial charge < -0.3 is 10.2 Å². The van der Waals surface area contributed by atoms with E-state index in [-0.39, 0.29) is 5.91 Å². The van der Waals surface area contributed by atoms with Crippen LogP contribution in [0.25, 0.3) is 0 Å². The minimum absolute atomic E-state index is 0.241. The molecule has 0 spiro atoms. The van der Waals surface area contributed by atoms with Gasteiger partial charge in [0.15, 0.2) is 0 Å².